The highest BCUT2D eigenvalue weighted by Crippen LogP contribution is 2.17. The van der Waals surface area contributed by atoms with Crippen LogP contribution in [0.1, 0.15) is 10.5 Å². The normalized spacial score (nSPS) is 10.4. The average molecular weight is 331 g/mol. The van der Waals surface area contributed by atoms with Gasteiger partial charge in [0, 0.05) is 15.5 Å². The van der Waals surface area contributed by atoms with E-state index in [1.807, 2.05) is 22.6 Å². The molecule has 0 bridgehead atoms. The molecule has 0 aliphatic carbocycles. The molecular weight excluding hydrogens is 324 g/mol. The quantitative estimate of drug-likeness (QED) is 0.860. The number of carboxylic acid groups (broad SMARTS) is 1. The molecule has 1 aromatic carbocycles. The van der Waals surface area contributed by atoms with Gasteiger partial charge in [-0.15, -0.1) is 0 Å². The highest BCUT2D eigenvalue weighted by atomic mass is 127. The van der Waals surface area contributed by atoms with Gasteiger partial charge < -0.3 is 9.67 Å². The number of hydrogen-bond donors (Lipinski definition) is 1. The first-order chi connectivity index (χ1) is 7.58. The molecule has 0 radical (unpaired) electrons. The van der Waals surface area contributed by atoms with E-state index in [1.54, 1.807) is 12.3 Å². The SMILES string of the molecule is O=C(O)c1cc(I)cn1-c1ccc(F)cc1. The monoisotopic (exact) mass is 331 g/mol. The minimum atomic E-state index is -1.01. The number of halogens is 2. The summed E-state index contributed by atoms with van der Waals surface area (Å²) >= 11 is 2.03. The second-order valence-corrected chi connectivity index (χ2v) is 4.44. The molecule has 3 nitrogen and oxygen atoms in total. The van der Waals surface area contributed by atoms with E-state index in [1.165, 1.54) is 28.8 Å². The summed E-state index contributed by atoms with van der Waals surface area (Å²) in [6.07, 6.45) is 1.69. The molecule has 0 aliphatic rings. The van der Waals surface area contributed by atoms with Crippen LogP contribution >= 0.6 is 22.6 Å². The average Bonchev–Trinajstić information content (AvgIpc) is 2.61. The molecule has 16 heavy (non-hydrogen) atoms. The fourth-order valence-corrected chi connectivity index (χ4v) is 1.98. The van der Waals surface area contributed by atoms with E-state index in [4.69, 9.17) is 5.11 Å². The fourth-order valence-electron chi connectivity index (χ4n) is 1.41. The number of aromatic nitrogens is 1. The topological polar surface area (TPSA) is 42.2 Å². The first kappa shape index (κ1) is 11.1. The minimum absolute atomic E-state index is 0.163. The Bertz CT molecular complexity index is 533. The highest BCUT2D eigenvalue weighted by Gasteiger charge is 2.12. The maximum absolute atomic E-state index is 12.7. The molecule has 0 aliphatic heterocycles. The van der Waals surface area contributed by atoms with Crippen molar-refractivity contribution in [3.05, 3.63) is 51.6 Å². The third-order valence-electron chi connectivity index (χ3n) is 2.11. The lowest BCUT2D eigenvalue weighted by molar-refractivity contribution is 0.0688. The van der Waals surface area contributed by atoms with E-state index < -0.39 is 5.97 Å². The second-order valence-electron chi connectivity index (χ2n) is 3.20. The van der Waals surface area contributed by atoms with Crippen molar-refractivity contribution in [3.8, 4) is 5.69 Å². The maximum atomic E-state index is 12.7. The molecule has 0 fully saturated rings. The van der Waals surface area contributed by atoms with Crippen LogP contribution in [-0.4, -0.2) is 15.6 Å². The first-order valence-electron chi connectivity index (χ1n) is 4.45. The van der Waals surface area contributed by atoms with E-state index in [2.05, 4.69) is 0 Å². The lowest BCUT2D eigenvalue weighted by Crippen LogP contribution is -2.05. The van der Waals surface area contributed by atoms with Crippen LogP contribution in [0.2, 0.25) is 0 Å². The van der Waals surface area contributed by atoms with E-state index >= 15 is 0 Å². The Balaban J connectivity index is 2.55. The highest BCUT2D eigenvalue weighted by molar-refractivity contribution is 14.1. The molecule has 0 spiro atoms. The maximum Gasteiger partial charge on any atom is 0.352 e. The first-order valence-corrected chi connectivity index (χ1v) is 5.53. The van der Waals surface area contributed by atoms with Crippen molar-refractivity contribution in [3.63, 3.8) is 0 Å². The van der Waals surface area contributed by atoms with Crippen LogP contribution in [0.3, 0.4) is 0 Å². The van der Waals surface area contributed by atoms with Gasteiger partial charge in [0.2, 0.25) is 0 Å². The molecule has 2 rings (SSSR count). The minimum Gasteiger partial charge on any atom is -0.477 e. The second kappa shape index (κ2) is 4.25. The third-order valence-corrected chi connectivity index (χ3v) is 2.70. The predicted octanol–water partition coefficient (Wildman–Crippen LogP) is 2.92. The zero-order valence-electron chi connectivity index (χ0n) is 8.02. The van der Waals surface area contributed by atoms with Crippen molar-refractivity contribution >= 4 is 28.6 Å². The Morgan fingerprint density at radius 1 is 1.31 bits per heavy atom. The number of nitrogens with zero attached hydrogens (tertiary/aromatic N) is 1. The third kappa shape index (κ3) is 2.08. The zero-order valence-corrected chi connectivity index (χ0v) is 10.2. The van der Waals surface area contributed by atoms with E-state index in [-0.39, 0.29) is 11.5 Å². The Labute approximate surface area is 105 Å². The van der Waals surface area contributed by atoms with Crippen LogP contribution in [0.25, 0.3) is 5.69 Å². The van der Waals surface area contributed by atoms with Gasteiger partial charge in [0.25, 0.3) is 0 Å². The summed E-state index contributed by atoms with van der Waals surface area (Å²) in [5.41, 5.74) is 0.790. The number of rotatable bonds is 2. The van der Waals surface area contributed by atoms with Gasteiger partial charge >= 0.3 is 5.97 Å². The number of hydrogen-bond acceptors (Lipinski definition) is 1. The molecule has 82 valence electrons. The Morgan fingerprint density at radius 3 is 2.50 bits per heavy atom. The van der Waals surface area contributed by atoms with Crippen molar-refractivity contribution < 1.29 is 14.3 Å². The summed E-state index contributed by atoms with van der Waals surface area (Å²) in [7, 11) is 0. The Morgan fingerprint density at radius 2 is 1.94 bits per heavy atom. The molecule has 1 aromatic heterocycles. The molecule has 0 saturated carbocycles. The van der Waals surface area contributed by atoms with E-state index in [0.717, 1.165) is 3.57 Å². The van der Waals surface area contributed by atoms with Crippen LogP contribution < -0.4 is 0 Å². The number of benzene rings is 1. The van der Waals surface area contributed by atoms with Gasteiger partial charge in [0.05, 0.1) is 0 Å². The number of aromatic carboxylic acids is 1. The molecule has 1 heterocycles. The van der Waals surface area contributed by atoms with Crippen molar-refractivity contribution in [1.29, 1.82) is 0 Å². The summed E-state index contributed by atoms with van der Waals surface area (Å²) in [5, 5.41) is 9.00. The smallest absolute Gasteiger partial charge is 0.352 e. The van der Waals surface area contributed by atoms with Crippen LogP contribution in [0, 0.1) is 9.39 Å². The number of carbonyl (C=O) groups is 1. The zero-order chi connectivity index (χ0) is 11.7. The molecule has 0 saturated heterocycles. The van der Waals surface area contributed by atoms with E-state index in [0.29, 0.717) is 5.69 Å². The summed E-state index contributed by atoms with van der Waals surface area (Å²) < 4.78 is 15.1. The van der Waals surface area contributed by atoms with Crippen LogP contribution in [0.15, 0.2) is 36.5 Å². The summed E-state index contributed by atoms with van der Waals surface area (Å²) in [6.45, 7) is 0. The Kier molecular flexibility index (Phi) is 2.95. The summed E-state index contributed by atoms with van der Waals surface area (Å²) in [5.74, 6) is -1.35. The number of carboxylic acids is 1. The van der Waals surface area contributed by atoms with Crippen molar-refractivity contribution in [2.45, 2.75) is 0 Å². The van der Waals surface area contributed by atoms with Gasteiger partial charge in [0.1, 0.15) is 11.5 Å². The largest absolute Gasteiger partial charge is 0.477 e. The van der Waals surface area contributed by atoms with E-state index in [9.17, 15) is 9.18 Å². The van der Waals surface area contributed by atoms with Gasteiger partial charge in [-0.25, -0.2) is 9.18 Å². The van der Waals surface area contributed by atoms with Gasteiger partial charge in [-0.05, 0) is 52.9 Å². The summed E-state index contributed by atoms with van der Waals surface area (Å²) in [4.78, 5) is 11.0. The van der Waals surface area contributed by atoms with Gasteiger partial charge in [0.15, 0.2) is 0 Å². The Hall–Kier alpha value is -1.37. The van der Waals surface area contributed by atoms with Crippen LogP contribution in [-0.2, 0) is 0 Å². The lowest BCUT2D eigenvalue weighted by Gasteiger charge is -2.05. The molecule has 0 atom stereocenters. The molecule has 0 amide bonds. The standard InChI is InChI=1S/C11H7FINO2/c12-7-1-3-9(4-2-7)14-6-8(13)5-10(14)11(15)16/h1-6H,(H,15,16). The molecule has 1 N–H and O–H groups in total. The molecule has 2 aromatic rings. The van der Waals surface area contributed by atoms with Gasteiger partial charge in [-0.2, -0.15) is 0 Å². The van der Waals surface area contributed by atoms with Crippen LogP contribution in [0.4, 0.5) is 4.39 Å². The molecule has 0 unspecified atom stereocenters. The van der Waals surface area contributed by atoms with Gasteiger partial charge in [-0.1, -0.05) is 0 Å². The molecular formula is C11H7FINO2. The fraction of sp³-hybridized carbons (Fsp3) is 0. The lowest BCUT2D eigenvalue weighted by atomic mass is 10.3. The van der Waals surface area contributed by atoms with Crippen molar-refractivity contribution in [2.24, 2.45) is 0 Å². The molecule has 5 heteroatoms. The van der Waals surface area contributed by atoms with Crippen molar-refractivity contribution in [1.82, 2.24) is 4.57 Å². The summed E-state index contributed by atoms with van der Waals surface area (Å²) in [6, 6.07) is 7.24. The van der Waals surface area contributed by atoms with Gasteiger partial charge in [-0.3, -0.25) is 0 Å². The van der Waals surface area contributed by atoms with Crippen LogP contribution in [0.5, 0.6) is 0 Å². The van der Waals surface area contributed by atoms with Crippen molar-refractivity contribution in [2.75, 3.05) is 0 Å². The predicted molar refractivity (Wildman–Crippen MR) is 65.4 cm³/mol.